The fourth-order valence-electron chi connectivity index (χ4n) is 2.32. The van der Waals surface area contributed by atoms with Crippen molar-refractivity contribution in [1.29, 1.82) is 5.26 Å². The average Bonchev–Trinajstić information content (AvgIpc) is 3.13. The van der Waals surface area contributed by atoms with E-state index in [1.54, 1.807) is 0 Å². The molecule has 1 saturated carbocycles. The Balaban J connectivity index is 2.14. The highest BCUT2D eigenvalue weighted by Crippen LogP contribution is 2.38. The summed E-state index contributed by atoms with van der Waals surface area (Å²) >= 11 is 0. The Kier molecular flexibility index (Phi) is 3.08. The number of likely N-dealkylation sites (N-methyl/N-ethyl adjacent to an activating group) is 1. The molecule has 17 heavy (non-hydrogen) atoms. The third-order valence-corrected chi connectivity index (χ3v) is 3.54. The zero-order valence-corrected chi connectivity index (χ0v) is 10.5. The molecule has 3 heteroatoms. The molecule has 1 unspecified atom stereocenters. The molecule has 1 fully saturated rings. The lowest BCUT2D eigenvalue weighted by Crippen LogP contribution is -2.50. The smallest absolute Gasteiger partial charge is 0.124 e. The van der Waals surface area contributed by atoms with Crippen LogP contribution in [0.4, 0.5) is 5.69 Å². The summed E-state index contributed by atoms with van der Waals surface area (Å²) in [6.45, 7) is 2.67. The van der Waals surface area contributed by atoms with Crippen molar-refractivity contribution in [3.05, 3.63) is 29.8 Å². The van der Waals surface area contributed by atoms with Gasteiger partial charge in [-0.3, -0.25) is 0 Å². The Morgan fingerprint density at radius 2 is 2.12 bits per heavy atom. The molecule has 0 aliphatic heterocycles. The average molecular weight is 229 g/mol. The second kappa shape index (κ2) is 4.38. The van der Waals surface area contributed by atoms with Gasteiger partial charge in [0.15, 0.2) is 0 Å². The van der Waals surface area contributed by atoms with Gasteiger partial charge in [-0.15, -0.1) is 0 Å². The molecule has 0 spiro atoms. The van der Waals surface area contributed by atoms with Crippen LogP contribution in [-0.4, -0.2) is 19.1 Å². The fourth-order valence-corrected chi connectivity index (χ4v) is 2.32. The highest BCUT2D eigenvalue weighted by Gasteiger charge is 2.43. The van der Waals surface area contributed by atoms with Crippen LogP contribution in [0.5, 0.6) is 0 Å². The Hall–Kier alpha value is -1.53. The predicted molar refractivity (Wildman–Crippen MR) is 69.7 cm³/mol. The number of hydrogen-bond donors (Lipinski definition) is 1. The van der Waals surface area contributed by atoms with Crippen molar-refractivity contribution >= 4 is 5.69 Å². The Morgan fingerprint density at radius 1 is 1.47 bits per heavy atom. The Labute approximate surface area is 103 Å². The third kappa shape index (κ3) is 2.42. The molecule has 1 atom stereocenters. The van der Waals surface area contributed by atoms with E-state index in [1.165, 1.54) is 5.56 Å². The van der Waals surface area contributed by atoms with Gasteiger partial charge in [0.2, 0.25) is 0 Å². The zero-order valence-electron chi connectivity index (χ0n) is 10.5. The summed E-state index contributed by atoms with van der Waals surface area (Å²) in [5, 5.41) is 9.26. The van der Waals surface area contributed by atoms with Gasteiger partial charge >= 0.3 is 0 Å². The summed E-state index contributed by atoms with van der Waals surface area (Å²) in [7, 11) is 2.00. The number of aryl methyl sites for hydroxylation is 1. The van der Waals surface area contributed by atoms with Crippen molar-refractivity contribution in [2.24, 2.45) is 11.7 Å². The SMILES string of the molecule is Cc1ccccc1N(C)CC(N)(C#N)C1CC1. The van der Waals surface area contributed by atoms with Gasteiger partial charge in [-0.25, -0.2) is 0 Å². The van der Waals surface area contributed by atoms with E-state index in [1.807, 2.05) is 19.2 Å². The summed E-state index contributed by atoms with van der Waals surface area (Å²) in [5.41, 5.74) is 7.86. The van der Waals surface area contributed by atoms with Gasteiger partial charge in [0.25, 0.3) is 0 Å². The monoisotopic (exact) mass is 229 g/mol. The fraction of sp³-hybridized carbons (Fsp3) is 0.500. The highest BCUT2D eigenvalue weighted by molar-refractivity contribution is 5.53. The number of nitrogens with zero attached hydrogens (tertiary/aromatic N) is 2. The normalized spacial score (nSPS) is 18.2. The standard InChI is InChI=1S/C14H19N3/c1-11-5-3-4-6-13(11)17(2)10-14(16,9-15)12-7-8-12/h3-6,12H,7-8,10,16H2,1-2H3. The molecule has 90 valence electrons. The largest absolute Gasteiger partial charge is 0.371 e. The summed E-state index contributed by atoms with van der Waals surface area (Å²) in [5.74, 6) is 0.374. The molecule has 1 aliphatic carbocycles. The lowest BCUT2D eigenvalue weighted by molar-refractivity contribution is 0.476. The van der Waals surface area contributed by atoms with Crippen molar-refractivity contribution in [3.8, 4) is 6.07 Å². The first-order valence-corrected chi connectivity index (χ1v) is 6.04. The maximum Gasteiger partial charge on any atom is 0.124 e. The molecule has 0 bridgehead atoms. The molecule has 0 aromatic heterocycles. The van der Waals surface area contributed by atoms with Crippen LogP contribution >= 0.6 is 0 Å². The highest BCUT2D eigenvalue weighted by atomic mass is 15.1. The van der Waals surface area contributed by atoms with Crippen molar-refractivity contribution in [2.75, 3.05) is 18.5 Å². The van der Waals surface area contributed by atoms with Crippen LogP contribution in [-0.2, 0) is 0 Å². The van der Waals surface area contributed by atoms with Crippen molar-refractivity contribution in [3.63, 3.8) is 0 Å². The molecule has 0 radical (unpaired) electrons. The van der Waals surface area contributed by atoms with Gasteiger partial charge in [-0.05, 0) is 37.3 Å². The van der Waals surface area contributed by atoms with Gasteiger partial charge in [-0.2, -0.15) is 5.26 Å². The minimum Gasteiger partial charge on any atom is -0.371 e. The summed E-state index contributed by atoms with van der Waals surface area (Å²) in [4.78, 5) is 2.09. The molecule has 2 N–H and O–H groups in total. The Morgan fingerprint density at radius 3 is 2.65 bits per heavy atom. The molecule has 2 rings (SSSR count). The van der Waals surface area contributed by atoms with E-state index in [4.69, 9.17) is 5.73 Å². The van der Waals surface area contributed by atoms with E-state index in [-0.39, 0.29) is 0 Å². The molecule has 1 aromatic carbocycles. The molecular weight excluding hydrogens is 210 g/mol. The van der Waals surface area contributed by atoms with Gasteiger partial charge in [-0.1, -0.05) is 18.2 Å². The number of rotatable bonds is 4. The van der Waals surface area contributed by atoms with Crippen LogP contribution in [0.2, 0.25) is 0 Å². The molecule has 0 amide bonds. The number of hydrogen-bond acceptors (Lipinski definition) is 3. The van der Waals surface area contributed by atoms with Gasteiger partial charge < -0.3 is 10.6 Å². The second-order valence-corrected chi connectivity index (χ2v) is 5.07. The predicted octanol–water partition coefficient (Wildman–Crippen LogP) is 2.06. The number of anilines is 1. The van der Waals surface area contributed by atoms with Crippen LogP contribution in [0.15, 0.2) is 24.3 Å². The van der Waals surface area contributed by atoms with E-state index < -0.39 is 5.54 Å². The topological polar surface area (TPSA) is 53.0 Å². The van der Waals surface area contributed by atoms with Crippen molar-refractivity contribution in [2.45, 2.75) is 25.3 Å². The second-order valence-electron chi connectivity index (χ2n) is 5.07. The van der Waals surface area contributed by atoms with Crippen LogP contribution < -0.4 is 10.6 Å². The van der Waals surface area contributed by atoms with E-state index >= 15 is 0 Å². The van der Waals surface area contributed by atoms with Gasteiger partial charge in [0.05, 0.1) is 6.07 Å². The minimum absolute atomic E-state index is 0.374. The van der Waals surface area contributed by atoms with Gasteiger partial charge in [0, 0.05) is 19.3 Å². The quantitative estimate of drug-likeness (QED) is 0.859. The summed E-state index contributed by atoms with van der Waals surface area (Å²) in [6, 6.07) is 10.5. The zero-order chi connectivity index (χ0) is 12.5. The first-order chi connectivity index (χ1) is 8.07. The number of nitriles is 1. The lowest BCUT2D eigenvalue weighted by atomic mass is 9.95. The van der Waals surface area contributed by atoms with Crippen LogP contribution in [0, 0.1) is 24.2 Å². The first-order valence-electron chi connectivity index (χ1n) is 6.04. The van der Waals surface area contributed by atoms with Crippen molar-refractivity contribution in [1.82, 2.24) is 0 Å². The summed E-state index contributed by atoms with van der Waals surface area (Å²) in [6.07, 6.45) is 2.18. The molecule has 0 heterocycles. The number of para-hydroxylation sites is 1. The molecule has 1 aliphatic rings. The van der Waals surface area contributed by atoms with E-state index in [0.29, 0.717) is 12.5 Å². The first kappa shape index (κ1) is 11.9. The van der Waals surface area contributed by atoms with Crippen LogP contribution in [0.25, 0.3) is 0 Å². The van der Waals surface area contributed by atoms with Crippen LogP contribution in [0.3, 0.4) is 0 Å². The minimum atomic E-state index is -0.697. The van der Waals surface area contributed by atoms with E-state index in [0.717, 1.165) is 18.5 Å². The lowest BCUT2D eigenvalue weighted by Gasteiger charge is -2.30. The van der Waals surface area contributed by atoms with Crippen molar-refractivity contribution < 1.29 is 0 Å². The van der Waals surface area contributed by atoms with Gasteiger partial charge in [0.1, 0.15) is 5.54 Å². The van der Waals surface area contributed by atoms with E-state index in [2.05, 4.69) is 30.0 Å². The number of benzene rings is 1. The third-order valence-electron chi connectivity index (χ3n) is 3.54. The molecular formula is C14H19N3. The molecule has 3 nitrogen and oxygen atoms in total. The van der Waals surface area contributed by atoms with Crippen LogP contribution in [0.1, 0.15) is 18.4 Å². The molecule has 1 aromatic rings. The Bertz CT molecular complexity index is 445. The molecule has 0 saturated heterocycles. The summed E-state index contributed by atoms with van der Waals surface area (Å²) < 4.78 is 0. The number of nitrogens with two attached hydrogens (primary N) is 1. The maximum absolute atomic E-state index is 9.26. The maximum atomic E-state index is 9.26. The van der Waals surface area contributed by atoms with E-state index in [9.17, 15) is 5.26 Å².